The molecule has 0 saturated carbocycles. The molecule has 0 bridgehead atoms. The average Bonchev–Trinajstić information content (AvgIpc) is 2.85. The summed E-state index contributed by atoms with van der Waals surface area (Å²) >= 11 is 0. The molecule has 0 N–H and O–H groups in total. The Kier molecular flexibility index (Phi) is 9.98. The van der Waals surface area contributed by atoms with Crippen LogP contribution in [0.15, 0.2) is 91.0 Å². The molecule has 0 unspecified atom stereocenters. The fourth-order valence-electron chi connectivity index (χ4n) is 4.70. The van der Waals surface area contributed by atoms with Gasteiger partial charge in [0, 0.05) is 0 Å². The zero-order valence-corrected chi connectivity index (χ0v) is 20.3. The summed E-state index contributed by atoms with van der Waals surface area (Å²) in [5.74, 6) is -0.0585. The monoisotopic (exact) mass is 448 g/mol. The Morgan fingerprint density at radius 3 is 1.47 bits per heavy atom. The molecule has 0 heterocycles. The Bertz CT molecular complexity index is 813. The topological polar surface area (TPSA) is 26.3 Å². The van der Waals surface area contributed by atoms with Gasteiger partial charge in [0.2, 0.25) is 0 Å². The number of hydrogen-bond donors (Lipinski definition) is 0. The summed E-state index contributed by atoms with van der Waals surface area (Å²) in [7, 11) is -2.08. The molecule has 0 aromatic heterocycles. The number of carbonyl (C=O) groups excluding carboxylic acids is 1. The molecule has 3 rings (SSSR count). The molecule has 0 atom stereocenters. The number of unbranched alkanes of at least 4 members (excludes halogenated alkanes) is 5. The van der Waals surface area contributed by atoms with Gasteiger partial charge >= 0.3 is 194 Å². The minimum absolute atomic E-state index is 0.0585. The van der Waals surface area contributed by atoms with Crippen molar-refractivity contribution in [1.82, 2.24) is 0 Å². The van der Waals surface area contributed by atoms with E-state index < -0.39 is 7.26 Å². The first-order valence-electron chi connectivity index (χ1n) is 12.1. The molecule has 0 amide bonds. The van der Waals surface area contributed by atoms with E-state index in [1.807, 2.05) is 6.92 Å². The first-order valence-corrected chi connectivity index (χ1v) is 14.3. The maximum absolute atomic E-state index is 11.5. The van der Waals surface area contributed by atoms with Crippen molar-refractivity contribution in [2.24, 2.45) is 0 Å². The molecule has 32 heavy (non-hydrogen) atoms. The molecule has 0 fully saturated rings. The van der Waals surface area contributed by atoms with Crippen LogP contribution in [0.1, 0.15) is 51.9 Å². The molecule has 0 saturated heterocycles. The average molecular weight is 449 g/mol. The second kappa shape index (κ2) is 13.2. The van der Waals surface area contributed by atoms with Crippen LogP contribution in [-0.4, -0.2) is 18.7 Å². The normalized spacial score (nSPS) is 11.8. The minimum atomic E-state index is -2.08. The third-order valence-electron chi connectivity index (χ3n) is 6.29. The first kappa shape index (κ1) is 24.2. The number of ether oxygens (including phenoxy) is 1. The second-order valence-corrected chi connectivity index (χ2v) is 12.5. The molecule has 0 radical (unpaired) electrons. The fourth-order valence-corrected chi connectivity index (χ4v) is 9.63. The van der Waals surface area contributed by atoms with Crippen LogP contribution < -0.4 is 15.9 Å². The van der Waals surface area contributed by atoms with Crippen LogP contribution in [0.5, 0.6) is 0 Å². The van der Waals surface area contributed by atoms with Crippen molar-refractivity contribution in [2.45, 2.75) is 51.9 Å². The van der Waals surface area contributed by atoms with Crippen molar-refractivity contribution in [3.8, 4) is 0 Å². The van der Waals surface area contributed by atoms with E-state index in [-0.39, 0.29) is 5.97 Å². The second-order valence-electron chi connectivity index (χ2n) is 8.43. The number of benzene rings is 3. The summed E-state index contributed by atoms with van der Waals surface area (Å²) in [6.45, 7) is 2.34. The van der Waals surface area contributed by atoms with E-state index in [2.05, 4.69) is 91.0 Å². The molecule has 3 heteroatoms. The Balaban J connectivity index is 1.69. The van der Waals surface area contributed by atoms with E-state index in [4.69, 9.17) is 4.74 Å². The van der Waals surface area contributed by atoms with E-state index in [0.717, 1.165) is 12.8 Å². The molecule has 3 aromatic carbocycles. The molecule has 170 valence electrons. The van der Waals surface area contributed by atoms with E-state index in [1.165, 1.54) is 47.8 Å². The molecule has 3 aromatic rings. The molecular formula is C29H37O2P. The molecule has 0 aliphatic heterocycles. The summed E-state index contributed by atoms with van der Waals surface area (Å²) < 4.78 is 5.02. The van der Waals surface area contributed by atoms with Gasteiger partial charge < -0.3 is 0 Å². The van der Waals surface area contributed by atoms with Crippen molar-refractivity contribution in [3.05, 3.63) is 91.0 Å². The van der Waals surface area contributed by atoms with Gasteiger partial charge in [0.15, 0.2) is 0 Å². The van der Waals surface area contributed by atoms with Gasteiger partial charge in [0.25, 0.3) is 0 Å². The van der Waals surface area contributed by atoms with Gasteiger partial charge in [0.05, 0.1) is 0 Å². The van der Waals surface area contributed by atoms with Crippen LogP contribution in [-0.2, 0) is 9.53 Å². The number of hydrogen-bond acceptors (Lipinski definition) is 2. The Labute approximate surface area is 194 Å². The third kappa shape index (κ3) is 6.53. The van der Waals surface area contributed by atoms with Gasteiger partial charge in [-0.2, -0.15) is 0 Å². The van der Waals surface area contributed by atoms with Crippen molar-refractivity contribution < 1.29 is 9.53 Å². The Morgan fingerprint density at radius 1 is 0.625 bits per heavy atom. The number of rotatable bonds is 13. The molecular weight excluding hydrogens is 411 g/mol. The molecule has 0 spiro atoms. The van der Waals surface area contributed by atoms with Gasteiger partial charge in [-0.25, -0.2) is 0 Å². The van der Waals surface area contributed by atoms with E-state index >= 15 is 0 Å². The maximum atomic E-state index is 11.5. The van der Waals surface area contributed by atoms with Gasteiger partial charge in [-0.3, -0.25) is 0 Å². The summed E-state index contributed by atoms with van der Waals surface area (Å²) in [6, 6.07) is 33.5. The zero-order chi connectivity index (χ0) is 22.5. The van der Waals surface area contributed by atoms with Gasteiger partial charge in [-0.1, -0.05) is 0 Å². The molecule has 0 aliphatic carbocycles. The predicted octanol–water partition coefficient (Wildman–Crippen LogP) is 6.01. The Hall–Kier alpha value is -2.44. The van der Waals surface area contributed by atoms with Crippen LogP contribution >= 0.6 is 7.26 Å². The van der Waals surface area contributed by atoms with E-state index in [0.29, 0.717) is 13.0 Å². The summed E-state index contributed by atoms with van der Waals surface area (Å²) in [6.07, 6.45) is 8.70. The Morgan fingerprint density at radius 2 is 1.03 bits per heavy atom. The summed E-state index contributed by atoms with van der Waals surface area (Å²) in [5, 5.41) is 4.48. The van der Waals surface area contributed by atoms with Crippen molar-refractivity contribution in [2.75, 3.05) is 12.8 Å². The van der Waals surface area contributed by atoms with Crippen LogP contribution in [0.3, 0.4) is 0 Å². The zero-order valence-electron chi connectivity index (χ0n) is 19.3. The van der Waals surface area contributed by atoms with Gasteiger partial charge in [0.1, 0.15) is 0 Å². The first-order chi connectivity index (χ1) is 15.8. The number of esters is 1. The quantitative estimate of drug-likeness (QED) is 0.182. The van der Waals surface area contributed by atoms with Gasteiger partial charge in [-0.05, 0) is 0 Å². The SMILES string of the molecule is CCOC(=O)CCCCCCCC[PH](c1ccccc1)(c1ccccc1)c1ccccc1. The standard InChI is InChI=1S/C29H37O2P/c1-2-31-29(30)24-16-5-3-4-6-17-25-32(26-18-10-7-11-19-26,27-20-12-8-13-21-27)28-22-14-9-15-23-28/h7-15,18-23,32H,2-6,16-17,24-25H2,1H3. The van der Waals surface area contributed by atoms with Crippen LogP contribution in [0.2, 0.25) is 0 Å². The van der Waals surface area contributed by atoms with Crippen molar-refractivity contribution >= 4 is 29.1 Å². The van der Waals surface area contributed by atoms with Crippen LogP contribution in [0, 0.1) is 0 Å². The predicted molar refractivity (Wildman–Crippen MR) is 140 cm³/mol. The van der Waals surface area contributed by atoms with Crippen LogP contribution in [0.4, 0.5) is 0 Å². The van der Waals surface area contributed by atoms with E-state index in [1.54, 1.807) is 0 Å². The number of carbonyl (C=O) groups is 1. The van der Waals surface area contributed by atoms with Crippen molar-refractivity contribution in [3.63, 3.8) is 0 Å². The van der Waals surface area contributed by atoms with Crippen molar-refractivity contribution in [1.29, 1.82) is 0 Å². The van der Waals surface area contributed by atoms with E-state index in [9.17, 15) is 4.79 Å². The fraction of sp³-hybridized carbons (Fsp3) is 0.345. The third-order valence-corrected chi connectivity index (χ3v) is 11.3. The summed E-state index contributed by atoms with van der Waals surface area (Å²) in [4.78, 5) is 11.5. The summed E-state index contributed by atoms with van der Waals surface area (Å²) in [5.41, 5.74) is 0. The molecule has 2 nitrogen and oxygen atoms in total. The van der Waals surface area contributed by atoms with Gasteiger partial charge in [-0.15, -0.1) is 0 Å². The molecule has 0 aliphatic rings. The van der Waals surface area contributed by atoms with Crippen LogP contribution in [0.25, 0.3) is 0 Å².